The van der Waals surface area contributed by atoms with Crippen LogP contribution in [0.25, 0.3) is 0 Å². The molecule has 5 nitrogen and oxygen atoms in total. The van der Waals surface area contributed by atoms with Crippen LogP contribution in [-0.4, -0.2) is 43.7 Å². The van der Waals surface area contributed by atoms with E-state index in [-0.39, 0.29) is 12.5 Å². The Bertz CT molecular complexity index is 764. The predicted octanol–water partition coefficient (Wildman–Crippen LogP) is 3.98. The van der Waals surface area contributed by atoms with Crippen molar-refractivity contribution >= 4 is 5.91 Å². The highest BCUT2D eigenvalue weighted by atomic mass is 16.5. The van der Waals surface area contributed by atoms with Crippen molar-refractivity contribution < 1.29 is 14.3 Å². The van der Waals surface area contributed by atoms with Crippen molar-refractivity contribution in [2.24, 2.45) is 0 Å². The molecule has 5 heteroatoms. The van der Waals surface area contributed by atoms with E-state index in [1.54, 1.807) is 0 Å². The molecule has 1 N–H and O–H groups in total. The molecular weight excluding hydrogens is 364 g/mol. The van der Waals surface area contributed by atoms with Crippen LogP contribution < -0.4 is 14.8 Å². The Balaban J connectivity index is 1.38. The Hall–Kier alpha value is -2.53. The number of hydrogen-bond acceptors (Lipinski definition) is 4. The molecule has 3 rings (SSSR count). The topological polar surface area (TPSA) is 50.8 Å². The molecule has 0 atom stereocenters. The van der Waals surface area contributed by atoms with Gasteiger partial charge in [0.1, 0.15) is 17.6 Å². The SMILES string of the molecule is CC(C)c1ccc(OCC(=O)NCc2ccc(OC3CCN(C)CC3)cc2)cc1. The van der Waals surface area contributed by atoms with Crippen LogP contribution >= 0.6 is 0 Å². The number of piperidine rings is 1. The Kier molecular flexibility index (Phi) is 7.53. The van der Waals surface area contributed by atoms with Crippen molar-refractivity contribution in [1.82, 2.24) is 10.2 Å². The third kappa shape index (κ3) is 6.79. The molecule has 1 aliphatic rings. The van der Waals surface area contributed by atoms with Gasteiger partial charge in [-0.05, 0) is 61.2 Å². The molecule has 0 unspecified atom stereocenters. The Morgan fingerprint density at radius 3 is 2.28 bits per heavy atom. The van der Waals surface area contributed by atoms with Gasteiger partial charge in [0, 0.05) is 19.6 Å². The lowest BCUT2D eigenvalue weighted by molar-refractivity contribution is -0.123. The average molecular weight is 397 g/mol. The van der Waals surface area contributed by atoms with Crippen LogP contribution in [0, 0.1) is 0 Å². The lowest BCUT2D eigenvalue weighted by Gasteiger charge is -2.29. The van der Waals surface area contributed by atoms with Gasteiger partial charge in [-0.15, -0.1) is 0 Å². The van der Waals surface area contributed by atoms with Gasteiger partial charge in [-0.25, -0.2) is 0 Å². The lowest BCUT2D eigenvalue weighted by atomic mass is 10.0. The van der Waals surface area contributed by atoms with Gasteiger partial charge in [0.15, 0.2) is 6.61 Å². The molecule has 0 aromatic heterocycles. The number of ether oxygens (including phenoxy) is 2. The molecule has 1 fully saturated rings. The third-order valence-electron chi connectivity index (χ3n) is 5.30. The highest BCUT2D eigenvalue weighted by Crippen LogP contribution is 2.20. The van der Waals surface area contributed by atoms with Gasteiger partial charge in [0.2, 0.25) is 0 Å². The molecule has 1 heterocycles. The molecule has 0 radical (unpaired) electrons. The number of carbonyl (C=O) groups excluding carboxylic acids is 1. The van der Waals surface area contributed by atoms with Crippen LogP contribution in [0.15, 0.2) is 48.5 Å². The minimum Gasteiger partial charge on any atom is -0.490 e. The standard InChI is InChI=1S/C24H32N2O3/c1-18(2)20-6-10-21(11-7-20)28-17-24(27)25-16-19-4-8-22(9-5-19)29-23-12-14-26(3)15-13-23/h4-11,18,23H,12-17H2,1-3H3,(H,25,27). The molecule has 1 saturated heterocycles. The van der Waals surface area contributed by atoms with E-state index in [0.717, 1.165) is 37.2 Å². The number of hydrogen-bond donors (Lipinski definition) is 1. The first-order chi connectivity index (χ1) is 14.0. The van der Waals surface area contributed by atoms with Crippen LogP contribution in [0.1, 0.15) is 43.7 Å². The molecule has 2 aromatic rings. The summed E-state index contributed by atoms with van der Waals surface area (Å²) < 4.78 is 11.6. The van der Waals surface area contributed by atoms with Crippen LogP contribution in [0.2, 0.25) is 0 Å². The van der Waals surface area contributed by atoms with Gasteiger partial charge in [0.25, 0.3) is 5.91 Å². The van der Waals surface area contributed by atoms with Crippen LogP contribution in [0.5, 0.6) is 11.5 Å². The molecule has 1 amide bonds. The highest BCUT2D eigenvalue weighted by molar-refractivity contribution is 5.77. The van der Waals surface area contributed by atoms with Gasteiger partial charge in [-0.1, -0.05) is 38.1 Å². The molecular formula is C24H32N2O3. The molecule has 0 bridgehead atoms. The Morgan fingerprint density at radius 2 is 1.66 bits per heavy atom. The predicted molar refractivity (Wildman–Crippen MR) is 115 cm³/mol. The van der Waals surface area contributed by atoms with Crippen molar-refractivity contribution in [2.75, 3.05) is 26.7 Å². The molecule has 156 valence electrons. The van der Waals surface area contributed by atoms with E-state index in [2.05, 4.69) is 31.1 Å². The summed E-state index contributed by atoms with van der Waals surface area (Å²) in [5.74, 6) is 1.95. The number of nitrogens with one attached hydrogen (secondary N) is 1. The summed E-state index contributed by atoms with van der Waals surface area (Å²) >= 11 is 0. The maximum absolute atomic E-state index is 12.1. The average Bonchev–Trinajstić information content (AvgIpc) is 2.73. The summed E-state index contributed by atoms with van der Waals surface area (Å²) in [6, 6.07) is 15.8. The van der Waals surface area contributed by atoms with Crippen molar-refractivity contribution in [1.29, 1.82) is 0 Å². The molecule has 2 aromatic carbocycles. The number of likely N-dealkylation sites (tertiary alicyclic amines) is 1. The zero-order valence-corrected chi connectivity index (χ0v) is 17.7. The van der Waals surface area contributed by atoms with Crippen LogP contribution in [-0.2, 0) is 11.3 Å². The smallest absolute Gasteiger partial charge is 0.258 e. The summed E-state index contributed by atoms with van der Waals surface area (Å²) in [7, 11) is 2.15. The van der Waals surface area contributed by atoms with E-state index in [1.807, 2.05) is 48.5 Å². The summed E-state index contributed by atoms with van der Waals surface area (Å²) in [5.41, 5.74) is 2.29. The van der Waals surface area contributed by atoms with Crippen molar-refractivity contribution in [3.8, 4) is 11.5 Å². The molecule has 1 aliphatic heterocycles. The van der Waals surface area contributed by atoms with Gasteiger partial charge in [0.05, 0.1) is 0 Å². The largest absolute Gasteiger partial charge is 0.490 e. The van der Waals surface area contributed by atoms with Crippen molar-refractivity contribution in [3.63, 3.8) is 0 Å². The van der Waals surface area contributed by atoms with E-state index >= 15 is 0 Å². The number of nitrogens with zero attached hydrogens (tertiary/aromatic N) is 1. The van der Waals surface area contributed by atoms with E-state index in [4.69, 9.17) is 9.47 Å². The second-order valence-corrected chi connectivity index (χ2v) is 8.05. The molecule has 0 aliphatic carbocycles. The second kappa shape index (κ2) is 10.3. The van der Waals surface area contributed by atoms with Gasteiger partial charge in [-0.3, -0.25) is 4.79 Å². The van der Waals surface area contributed by atoms with Gasteiger partial charge < -0.3 is 19.7 Å². The summed E-state index contributed by atoms with van der Waals surface area (Å²) in [6.07, 6.45) is 2.42. The first-order valence-electron chi connectivity index (χ1n) is 10.4. The van der Waals surface area contributed by atoms with E-state index in [9.17, 15) is 4.79 Å². The number of amides is 1. The summed E-state index contributed by atoms with van der Waals surface area (Å²) in [5, 5.41) is 2.89. The zero-order valence-electron chi connectivity index (χ0n) is 17.7. The lowest BCUT2D eigenvalue weighted by Crippen LogP contribution is -2.35. The highest BCUT2D eigenvalue weighted by Gasteiger charge is 2.17. The fraction of sp³-hybridized carbons (Fsp3) is 0.458. The zero-order chi connectivity index (χ0) is 20.6. The van der Waals surface area contributed by atoms with E-state index in [1.165, 1.54) is 5.56 Å². The normalized spacial score (nSPS) is 15.3. The molecule has 0 spiro atoms. The van der Waals surface area contributed by atoms with Crippen LogP contribution in [0.4, 0.5) is 0 Å². The quantitative estimate of drug-likeness (QED) is 0.733. The van der Waals surface area contributed by atoms with Gasteiger partial charge in [-0.2, -0.15) is 0 Å². The Morgan fingerprint density at radius 1 is 1.03 bits per heavy atom. The first-order valence-corrected chi connectivity index (χ1v) is 10.4. The number of carbonyl (C=O) groups is 1. The molecule has 0 saturated carbocycles. The van der Waals surface area contributed by atoms with E-state index in [0.29, 0.717) is 24.3 Å². The summed E-state index contributed by atoms with van der Waals surface area (Å²) in [4.78, 5) is 14.4. The van der Waals surface area contributed by atoms with Gasteiger partial charge >= 0.3 is 0 Å². The first kappa shape index (κ1) is 21.2. The summed E-state index contributed by atoms with van der Waals surface area (Å²) in [6.45, 7) is 6.95. The number of rotatable bonds is 8. The van der Waals surface area contributed by atoms with Crippen LogP contribution in [0.3, 0.4) is 0 Å². The minimum absolute atomic E-state index is 0.0122. The van der Waals surface area contributed by atoms with E-state index < -0.39 is 0 Å². The monoisotopic (exact) mass is 396 g/mol. The maximum atomic E-state index is 12.1. The fourth-order valence-electron chi connectivity index (χ4n) is 3.33. The minimum atomic E-state index is -0.135. The fourth-order valence-corrected chi connectivity index (χ4v) is 3.33. The number of benzene rings is 2. The third-order valence-corrected chi connectivity index (χ3v) is 5.30. The maximum Gasteiger partial charge on any atom is 0.258 e. The van der Waals surface area contributed by atoms with Crippen molar-refractivity contribution in [3.05, 3.63) is 59.7 Å². The Labute approximate surface area is 174 Å². The van der Waals surface area contributed by atoms with Crippen molar-refractivity contribution in [2.45, 2.75) is 45.3 Å². The second-order valence-electron chi connectivity index (χ2n) is 8.05. The molecule has 29 heavy (non-hydrogen) atoms.